The van der Waals surface area contributed by atoms with E-state index < -0.39 is 6.10 Å². The molecule has 0 radical (unpaired) electrons. The zero-order chi connectivity index (χ0) is 20.2. The molecule has 2 heterocycles. The van der Waals surface area contributed by atoms with Crippen LogP contribution in [0.15, 0.2) is 54.6 Å². The van der Waals surface area contributed by atoms with Gasteiger partial charge in [-0.25, -0.2) is 4.98 Å². The summed E-state index contributed by atoms with van der Waals surface area (Å²) in [4.78, 5) is 7.05. The van der Waals surface area contributed by atoms with E-state index >= 15 is 0 Å². The van der Waals surface area contributed by atoms with Crippen LogP contribution in [0.25, 0.3) is 10.9 Å². The number of ether oxygens (including phenoxy) is 1. The van der Waals surface area contributed by atoms with Crippen molar-refractivity contribution in [3.63, 3.8) is 0 Å². The monoisotopic (exact) mass is 390 g/mol. The maximum absolute atomic E-state index is 11.1. The Bertz CT molecular complexity index is 1050. The molecule has 1 aliphatic heterocycles. The number of methoxy groups -OCH3 is 1. The predicted molar refractivity (Wildman–Crippen MR) is 113 cm³/mol. The molecule has 3 aromatic rings. The molecule has 1 aromatic heterocycles. The van der Waals surface area contributed by atoms with Gasteiger partial charge in [0.25, 0.3) is 0 Å². The Labute approximate surface area is 170 Å². The van der Waals surface area contributed by atoms with Gasteiger partial charge in [0.05, 0.1) is 13.2 Å². The number of β-amino-alcohol motifs (C(OH)–C–C–N with tert-alkyl or cyclic N) is 1. The molecular weight excluding hydrogens is 364 g/mol. The van der Waals surface area contributed by atoms with Crippen LogP contribution < -0.4 is 9.64 Å². The first-order valence-electron chi connectivity index (χ1n) is 10.1. The molecule has 4 atom stereocenters. The van der Waals surface area contributed by atoms with E-state index in [1.54, 1.807) is 7.11 Å². The number of benzene rings is 2. The smallest absolute Gasteiger partial charge is 0.145 e. The fraction of sp³-hybridized carbons (Fsp3) is 0.375. The van der Waals surface area contributed by atoms with Gasteiger partial charge in [0.1, 0.15) is 17.1 Å². The van der Waals surface area contributed by atoms with E-state index in [2.05, 4.69) is 36.1 Å². The normalized spacial score (nSPS) is 28.3. The molecule has 0 unspecified atom stereocenters. The van der Waals surface area contributed by atoms with Crippen molar-refractivity contribution in [2.45, 2.75) is 18.9 Å². The summed E-state index contributed by atoms with van der Waals surface area (Å²) in [6.07, 6.45) is -0.500. The highest BCUT2D eigenvalue weighted by Crippen LogP contribution is 2.68. The van der Waals surface area contributed by atoms with E-state index in [1.807, 2.05) is 30.3 Å². The molecule has 150 valence electrons. The van der Waals surface area contributed by atoms with Crippen molar-refractivity contribution in [3.8, 4) is 5.75 Å². The predicted octanol–water partition coefficient (Wildman–Crippen LogP) is 3.13. The van der Waals surface area contributed by atoms with E-state index in [-0.39, 0.29) is 23.9 Å². The largest absolute Gasteiger partial charge is 0.494 e. The molecule has 0 amide bonds. The minimum Gasteiger partial charge on any atom is -0.494 e. The number of hydrogen-bond acceptors (Lipinski definition) is 5. The lowest BCUT2D eigenvalue weighted by Crippen LogP contribution is -2.23. The number of pyridine rings is 1. The van der Waals surface area contributed by atoms with E-state index in [0.717, 1.165) is 28.0 Å². The van der Waals surface area contributed by atoms with Gasteiger partial charge < -0.3 is 19.8 Å². The van der Waals surface area contributed by atoms with Crippen molar-refractivity contribution in [2.75, 3.05) is 31.7 Å². The van der Waals surface area contributed by atoms with Gasteiger partial charge in [-0.3, -0.25) is 0 Å². The first kappa shape index (κ1) is 18.4. The molecule has 2 aromatic carbocycles. The van der Waals surface area contributed by atoms with Gasteiger partial charge in [0.15, 0.2) is 0 Å². The minimum absolute atomic E-state index is 0.0704. The summed E-state index contributed by atoms with van der Waals surface area (Å²) < 4.78 is 5.52. The highest BCUT2D eigenvalue weighted by molar-refractivity contribution is 5.89. The SMILES string of the molecule is COc1cccc2c(C)cc(N3C[C@@H](O)[C@@]4(C3)[C@H](CO)[C@H]4c3ccccc3)nc12. The minimum atomic E-state index is -0.500. The summed E-state index contributed by atoms with van der Waals surface area (Å²) in [5, 5.41) is 22.2. The number of aryl methyl sites for hydroxylation is 1. The average Bonchev–Trinajstić information content (AvgIpc) is 3.28. The maximum atomic E-state index is 11.1. The van der Waals surface area contributed by atoms with E-state index in [0.29, 0.717) is 13.1 Å². The number of hydrogen-bond donors (Lipinski definition) is 2. The van der Waals surface area contributed by atoms with Gasteiger partial charge in [-0.05, 0) is 42.0 Å². The second-order valence-corrected chi connectivity index (χ2v) is 8.34. The Kier molecular flexibility index (Phi) is 4.26. The first-order valence-corrected chi connectivity index (χ1v) is 10.1. The zero-order valence-electron chi connectivity index (χ0n) is 16.7. The van der Waals surface area contributed by atoms with Crippen LogP contribution >= 0.6 is 0 Å². The molecule has 1 aliphatic carbocycles. The number of rotatable bonds is 4. The summed E-state index contributed by atoms with van der Waals surface area (Å²) in [5.74, 6) is 1.85. The van der Waals surface area contributed by atoms with Crippen LogP contribution in [0.1, 0.15) is 17.0 Å². The fourth-order valence-corrected chi connectivity index (χ4v) is 5.44. The van der Waals surface area contributed by atoms with Gasteiger partial charge in [0, 0.05) is 30.5 Å². The second-order valence-electron chi connectivity index (χ2n) is 8.34. The number of aliphatic hydroxyl groups is 2. The molecule has 5 heteroatoms. The molecule has 5 nitrogen and oxygen atoms in total. The van der Waals surface area contributed by atoms with Crippen molar-refractivity contribution < 1.29 is 14.9 Å². The third kappa shape index (κ3) is 2.65. The van der Waals surface area contributed by atoms with Crippen LogP contribution in [-0.4, -0.2) is 48.1 Å². The van der Waals surface area contributed by atoms with E-state index in [1.165, 1.54) is 5.56 Å². The van der Waals surface area contributed by atoms with Gasteiger partial charge in [-0.1, -0.05) is 42.5 Å². The Morgan fingerprint density at radius 1 is 1.17 bits per heavy atom. The number of para-hydroxylation sites is 1. The van der Waals surface area contributed by atoms with Crippen LogP contribution in [0, 0.1) is 18.3 Å². The summed E-state index contributed by atoms with van der Waals surface area (Å²) >= 11 is 0. The lowest BCUT2D eigenvalue weighted by Gasteiger charge is -2.19. The molecule has 2 aliphatic rings. The quantitative estimate of drug-likeness (QED) is 0.717. The number of aliphatic hydroxyl groups excluding tert-OH is 2. The summed E-state index contributed by atoms with van der Waals surface area (Å²) in [5.41, 5.74) is 2.85. The average molecular weight is 390 g/mol. The van der Waals surface area contributed by atoms with E-state index in [4.69, 9.17) is 9.72 Å². The molecule has 2 fully saturated rings. The third-order valence-electron chi connectivity index (χ3n) is 6.94. The highest BCUT2D eigenvalue weighted by atomic mass is 16.5. The lowest BCUT2D eigenvalue weighted by atomic mass is 9.95. The van der Waals surface area contributed by atoms with Crippen LogP contribution in [0.4, 0.5) is 5.82 Å². The van der Waals surface area contributed by atoms with Crippen LogP contribution in [0.2, 0.25) is 0 Å². The lowest BCUT2D eigenvalue weighted by molar-refractivity contribution is 0.113. The molecular formula is C24H26N2O3. The summed E-state index contributed by atoms with van der Waals surface area (Å²) in [6, 6.07) is 18.3. The Morgan fingerprint density at radius 2 is 1.97 bits per heavy atom. The molecule has 5 rings (SSSR count). The molecule has 1 saturated heterocycles. The van der Waals surface area contributed by atoms with Crippen molar-refractivity contribution >= 4 is 16.7 Å². The zero-order valence-corrected chi connectivity index (χ0v) is 16.7. The van der Waals surface area contributed by atoms with Crippen molar-refractivity contribution in [2.24, 2.45) is 11.3 Å². The van der Waals surface area contributed by atoms with Crippen molar-refractivity contribution in [1.82, 2.24) is 4.98 Å². The van der Waals surface area contributed by atoms with Crippen LogP contribution in [-0.2, 0) is 0 Å². The molecule has 2 N–H and O–H groups in total. The van der Waals surface area contributed by atoms with Crippen LogP contribution in [0.3, 0.4) is 0 Å². The fourth-order valence-electron chi connectivity index (χ4n) is 5.44. The Hall–Kier alpha value is -2.63. The van der Waals surface area contributed by atoms with Crippen molar-refractivity contribution in [1.29, 1.82) is 0 Å². The second kappa shape index (κ2) is 6.71. The number of fused-ring (bicyclic) bond motifs is 1. The third-order valence-corrected chi connectivity index (χ3v) is 6.94. The standard InChI is InChI=1S/C24H26N2O3/c1-15-11-21(25-23-17(15)9-6-10-19(23)29-2)26-12-20(28)24(14-26)18(13-27)22(24)16-7-4-3-5-8-16/h3-11,18,20,22,27-28H,12-14H2,1-2H3/t18-,20-,22-,24-/m1/s1. The van der Waals surface area contributed by atoms with Crippen molar-refractivity contribution in [3.05, 3.63) is 65.7 Å². The number of aromatic nitrogens is 1. The molecule has 1 saturated carbocycles. The van der Waals surface area contributed by atoms with Crippen LogP contribution in [0.5, 0.6) is 5.75 Å². The number of anilines is 1. The Balaban J connectivity index is 1.52. The maximum Gasteiger partial charge on any atom is 0.145 e. The summed E-state index contributed by atoms with van der Waals surface area (Å²) in [6.45, 7) is 3.37. The topological polar surface area (TPSA) is 65.8 Å². The molecule has 0 bridgehead atoms. The first-order chi connectivity index (χ1) is 14.1. The number of nitrogens with zero attached hydrogens (tertiary/aromatic N) is 2. The molecule has 1 spiro atoms. The highest BCUT2D eigenvalue weighted by Gasteiger charge is 2.71. The van der Waals surface area contributed by atoms with Gasteiger partial charge in [-0.15, -0.1) is 0 Å². The van der Waals surface area contributed by atoms with Gasteiger partial charge in [0.2, 0.25) is 0 Å². The van der Waals surface area contributed by atoms with Gasteiger partial charge in [-0.2, -0.15) is 0 Å². The Morgan fingerprint density at radius 3 is 2.69 bits per heavy atom. The summed E-state index contributed by atoms with van der Waals surface area (Å²) in [7, 11) is 1.66. The van der Waals surface area contributed by atoms with Gasteiger partial charge >= 0.3 is 0 Å². The van der Waals surface area contributed by atoms with E-state index in [9.17, 15) is 10.2 Å². The molecule has 29 heavy (non-hydrogen) atoms.